The first-order valence-electron chi connectivity index (χ1n) is 5.69. The van der Waals surface area contributed by atoms with Crippen molar-refractivity contribution in [3.63, 3.8) is 0 Å². The molecular formula is C12H16N2O4S. The zero-order chi connectivity index (χ0) is 14.5. The summed E-state index contributed by atoms with van der Waals surface area (Å²) in [6.07, 6.45) is 0.0355. The van der Waals surface area contributed by atoms with E-state index in [2.05, 4.69) is 10.6 Å². The molecule has 0 radical (unpaired) electrons. The lowest BCUT2D eigenvalue weighted by Crippen LogP contribution is -2.50. The van der Waals surface area contributed by atoms with Crippen LogP contribution in [0.5, 0.6) is 0 Å². The van der Waals surface area contributed by atoms with Crippen molar-refractivity contribution in [3.8, 4) is 0 Å². The molecule has 1 aromatic rings. The first-order chi connectivity index (χ1) is 8.83. The molecule has 0 fully saturated rings. The maximum Gasteiger partial charge on any atom is 0.328 e. The van der Waals surface area contributed by atoms with E-state index in [1.165, 1.54) is 25.2 Å². The van der Waals surface area contributed by atoms with Gasteiger partial charge in [-0.3, -0.25) is 9.59 Å². The lowest BCUT2D eigenvalue weighted by molar-refractivity contribution is -0.146. The van der Waals surface area contributed by atoms with Crippen LogP contribution in [0.2, 0.25) is 0 Å². The van der Waals surface area contributed by atoms with Gasteiger partial charge in [0, 0.05) is 13.0 Å². The minimum atomic E-state index is -1.31. The molecule has 0 unspecified atom stereocenters. The van der Waals surface area contributed by atoms with Crippen LogP contribution in [0.25, 0.3) is 0 Å². The van der Waals surface area contributed by atoms with Gasteiger partial charge in [0.25, 0.3) is 5.91 Å². The Kier molecular flexibility index (Phi) is 5.05. The molecule has 1 heterocycles. The highest BCUT2D eigenvalue weighted by Gasteiger charge is 2.28. The van der Waals surface area contributed by atoms with Crippen LogP contribution in [0.3, 0.4) is 0 Å². The number of nitrogens with one attached hydrogen (secondary N) is 2. The maximum atomic E-state index is 11.6. The molecule has 0 atom stereocenters. The molecule has 2 amide bonds. The van der Waals surface area contributed by atoms with Gasteiger partial charge in [-0.2, -0.15) is 0 Å². The minimum absolute atomic E-state index is 0.0355. The molecule has 0 aliphatic heterocycles. The average Bonchev–Trinajstić information content (AvgIpc) is 2.81. The van der Waals surface area contributed by atoms with E-state index in [0.717, 1.165) is 0 Å². The fourth-order valence-corrected chi connectivity index (χ4v) is 1.89. The van der Waals surface area contributed by atoms with Crippen LogP contribution in [-0.2, 0) is 9.59 Å². The van der Waals surface area contributed by atoms with Gasteiger partial charge in [-0.25, -0.2) is 4.79 Å². The van der Waals surface area contributed by atoms with E-state index in [1.54, 1.807) is 17.5 Å². The third-order valence-corrected chi connectivity index (χ3v) is 3.24. The van der Waals surface area contributed by atoms with Crippen molar-refractivity contribution in [2.75, 3.05) is 6.54 Å². The van der Waals surface area contributed by atoms with Crippen LogP contribution < -0.4 is 10.6 Å². The lowest BCUT2D eigenvalue weighted by atomic mass is 10.1. The number of hydrogen-bond donors (Lipinski definition) is 3. The summed E-state index contributed by atoms with van der Waals surface area (Å²) >= 11 is 1.31. The summed E-state index contributed by atoms with van der Waals surface area (Å²) < 4.78 is 0. The predicted octanol–water partition coefficient (Wildman–Crippen LogP) is 0.847. The summed E-state index contributed by atoms with van der Waals surface area (Å²) in [7, 11) is 0. The molecule has 1 aromatic heterocycles. The SMILES string of the molecule is CC(C)(NC(=O)CCNC(=O)c1cccs1)C(=O)O. The van der Waals surface area contributed by atoms with Crippen LogP contribution >= 0.6 is 11.3 Å². The van der Waals surface area contributed by atoms with Gasteiger partial charge in [-0.05, 0) is 25.3 Å². The maximum absolute atomic E-state index is 11.6. The minimum Gasteiger partial charge on any atom is -0.480 e. The molecule has 0 saturated heterocycles. The van der Waals surface area contributed by atoms with Crippen LogP contribution in [0.1, 0.15) is 29.9 Å². The number of rotatable bonds is 6. The Bertz CT molecular complexity index is 468. The first-order valence-corrected chi connectivity index (χ1v) is 6.57. The van der Waals surface area contributed by atoms with Crippen LogP contribution in [0.4, 0.5) is 0 Å². The first kappa shape index (κ1) is 15.2. The normalized spacial score (nSPS) is 10.8. The summed E-state index contributed by atoms with van der Waals surface area (Å²) in [5, 5.41) is 15.6. The van der Waals surface area contributed by atoms with Crippen molar-refractivity contribution in [1.82, 2.24) is 10.6 Å². The number of aliphatic carboxylic acids is 1. The predicted molar refractivity (Wildman–Crippen MR) is 71.1 cm³/mol. The van der Waals surface area contributed by atoms with Crippen molar-refractivity contribution in [3.05, 3.63) is 22.4 Å². The molecule has 0 spiro atoms. The number of carbonyl (C=O) groups excluding carboxylic acids is 2. The van der Waals surface area contributed by atoms with Gasteiger partial charge in [-0.1, -0.05) is 6.07 Å². The second-order valence-electron chi connectivity index (χ2n) is 4.46. The third-order valence-electron chi connectivity index (χ3n) is 2.37. The quantitative estimate of drug-likeness (QED) is 0.721. The van der Waals surface area contributed by atoms with Crippen LogP contribution in [-0.4, -0.2) is 35.0 Å². The Hall–Kier alpha value is -1.89. The van der Waals surface area contributed by atoms with Gasteiger partial charge in [0.05, 0.1) is 4.88 Å². The van der Waals surface area contributed by atoms with E-state index in [4.69, 9.17) is 5.11 Å². The molecule has 0 bridgehead atoms. The monoisotopic (exact) mass is 284 g/mol. The molecule has 0 saturated carbocycles. The molecule has 0 aliphatic rings. The highest BCUT2D eigenvalue weighted by atomic mass is 32.1. The highest BCUT2D eigenvalue weighted by molar-refractivity contribution is 7.12. The molecule has 0 aromatic carbocycles. The van der Waals surface area contributed by atoms with Gasteiger partial charge >= 0.3 is 5.97 Å². The van der Waals surface area contributed by atoms with E-state index >= 15 is 0 Å². The Labute approximate surface area is 114 Å². The Morgan fingerprint density at radius 1 is 1.37 bits per heavy atom. The van der Waals surface area contributed by atoms with E-state index in [-0.39, 0.29) is 18.9 Å². The zero-order valence-electron chi connectivity index (χ0n) is 10.7. The second kappa shape index (κ2) is 6.33. The summed E-state index contributed by atoms with van der Waals surface area (Å²) in [4.78, 5) is 34.4. The topological polar surface area (TPSA) is 95.5 Å². The van der Waals surface area contributed by atoms with Gasteiger partial charge < -0.3 is 15.7 Å². The molecule has 1 rings (SSSR count). The number of carbonyl (C=O) groups is 3. The van der Waals surface area contributed by atoms with Gasteiger partial charge in [-0.15, -0.1) is 11.3 Å². The van der Waals surface area contributed by atoms with Crippen molar-refractivity contribution in [2.24, 2.45) is 0 Å². The van der Waals surface area contributed by atoms with Crippen LogP contribution in [0.15, 0.2) is 17.5 Å². The van der Waals surface area contributed by atoms with Gasteiger partial charge in [0.2, 0.25) is 5.91 Å². The van der Waals surface area contributed by atoms with Crippen molar-refractivity contribution < 1.29 is 19.5 Å². The van der Waals surface area contributed by atoms with Crippen molar-refractivity contribution >= 4 is 29.1 Å². The number of hydrogen-bond acceptors (Lipinski definition) is 4. The molecule has 3 N–H and O–H groups in total. The molecule has 19 heavy (non-hydrogen) atoms. The molecule has 104 valence electrons. The number of thiophene rings is 1. The van der Waals surface area contributed by atoms with Gasteiger partial charge in [0.15, 0.2) is 0 Å². The lowest BCUT2D eigenvalue weighted by Gasteiger charge is -2.20. The summed E-state index contributed by atoms with van der Waals surface area (Å²) in [5.41, 5.74) is -1.31. The number of amides is 2. The smallest absolute Gasteiger partial charge is 0.328 e. The third kappa shape index (κ3) is 4.70. The van der Waals surface area contributed by atoms with E-state index < -0.39 is 17.4 Å². The van der Waals surface area contributed by atoms with E-state index in [1.807, 2.05) is 0 Å². The van der Waals surface area contributed by atoms with E-state index in [9.17, 15) is 14.4 Å². The number of carboxylic acids is 1. The fourth-order valence-electron chi connectivity index (χ4n) is 1.25. The second-order valence-corrected chi connectivity index (χ2v) is 5.41. The number of carboxylic acid groups (broad SMARTS) is 1. The average molecular weight is 284 g/mol. The van der Waals surface area contributed by atoms with Gasteiger partial charge in [0.1, 0.15) is 5.54 Å². The summed E-state index contributed by atoms with van der Waals surface area (Å²) in [6, 6.07) is 3.45. The summed E-state index contributed by atoms with van der Waals surface area (Å²) in [6.45, 7) is 2.97. The van der Waals surface area contributed by atoms with E-state index in [0.29, 0.717) is 4.88 Å². The Morgan fingerprint density at radius 2 is 2.05 bits per heavy atom. The van der Waals surface area contributed by atoms with Crippen molar-refractivity contribution in [2.45, 2.75) is 25.8 Å². The Morgan fingerprint density at radius 3 is 2.58 bits per heavy atom. The molecule has 6 nitrogen and oxygen atoms in total. The molecule has 7 heteroatoms. The zero-order valence-corrected chi connectivity index (χ0v) is 11.5. The standard InChI is InChI=1S/C12H16N2O4S/c1-12(2,11(17)18)14-9(15)5-6-13-10(16)8-4-3-7-19-8/h3-4,7H,5-6H2,1-2H3,(H,13,16)(H,14,15)(H,17,18). The van der Waals surface area contributed by atoms with Crippen molar-refractivity contribution in [1.29, 1.82) is 0 Å². The molecule has 0 aliphatic carbocycles. The fraction of sp³-hybridized carbons (Fsp3) is 0.417. The summed E-state index contributed by atoms with van der Waals surface area (Å²) in [5.74, 6) is -1.76. The van der Waals surface area contributed by atoms with Crippen LogP contribution in [0, 0.1) is 0 Å². The largest absolute Gasteiger partial charge is 0.480 e. The Balaban J connectivity index is 2.32. The highest BCUT2D eigenvalue weighted by Crippen LogP contribution is 2.07. The molecular weight excluding hydrogens is 268 g/mol.